The Hall–Kier alpha value is -3.15. The number of hydrogen-bond acceptors (Lipinski definition) is 4. The minimum atomic E-state index is -0.637. The highest BCUT2D eigenvalue weighted by atomic mass is 16.5. The molecule has 0 saturated carbocycles. The highest BCUT2D eigenvalue weighted by Crippen LogP contribution is 2.21. The number of amides is 2. The van der Waals surface area contributed by atoms with E-state index in [-0.39, 0.29) is 24.0 Å². The van der Waals surface area contributed by atoms with Gasteiger partial charge in [-0.15, -0.1) is 0 Å². The van der Waals surface area contributed by atoms with E-state index in [1.54, 1.807) is 47.4 Å². The number of nitrogens with one attached hydrogen (secondary N) is 1. The van der Waals surface area contributed by atoms with Crippen LogP contribution in [-0.2, 0) is 9.53 Å². The number of hydrogen-bond donors (Lipinski definition) is 1. The molecule has 0 aromatic heterocycles. The van der Waals surface area contributed by atoms with Gasteiger partial charge in [-0.1, -0.05) is 43.7 Å². The van der Waals surface area contributed by atoms with Crippen molar-refractivity contribution in [1.29, 1.82) is 0 Å². The van der Waals surface area contributed by atoms with Crippen molar-refractivity contribution in [2.75, 3.05) is 25.0 Å². The molecule has 1 aliphatic heterocycles. The third-order valence-corrected chi connectivity index (χ3v) is 5.22. The molecule has 1 aliphatic rings. The molecule has 0 spiro atoms. The SMILES string of the molecule is Cc1cccc(C(=O)Nc2ccccc2C(=O)OCC(=O)N2C[C@H](C)C[C@H](C)C2)c1. The molecule has 6 heteroatoms. The van der Waals surface area contributed by atoms with Crippen LogP contribution in [0.25, 0.3) is 0 Å². The van der Waals surface area contributed by atoms with Gasteiger partial charge in [0, 0.05) is 18.7 Å². The number of benzene rings is 2. The van der Waals surface area contributed by atoms with E-state index in [1.165, 1.54) is 0 Å². The van der Waals surface area contributed by atoms with Gasteiger partial charge >= 0.3 is 5.97 Å². The van der Waals surface area contributed by atoms with Crippen molar-refractivity contribution < 1.29 is 19.1 Å². The van der Waals surface area contributed by atoms with E-state index in [1.807, 2.05) is 13.0 Å². The second-order valence-electron chi connectivity index (χ2n) is 8.19. The quantitative estimate of drug-likeness (QED) is 0.761. The lowest BCUT2D eigenvalue weighted by molar-refractivity contribution is -0.137. The molecule has 1 fully saturated rings. The molecule has 0 bridgehead atoms. The average Bonchev–Trinajstić information content (AvgIpc) is 2.71. The summed E-state index contributed by atoms with van der Waals surface area (Å²) in [5, 5.41) is 2.76. The Kier molecular flexibility index (Phi) is 6.87. The monoisotopic (exact) mass is 408 g/mol. The number of carbonyl (C=O) groups excluding carboxylic acids is 3. The van der Waals surface area contributed by atoms with Crippen LogP contribution in [0.15, 0.2) is 48.5 Å². The molecule has 1 N–H and O–H groups in total. The summed E-state index contributed by atoms with van der Waals surface area (Å²) in [5.74, 6) is -0.270. The van der Waals surface area contributed by atoms with Crippen molar-refractivity contribution in [2.45, 2.75) is 27.2 Å². The van der Waals surface area contributed by atoms with Crippen LogP contribution >= 0.6 is 0 Å². The predicted molar refractivity (Wildman–Crippen MR) is 115 cm³/mol. The molecular formula is C24H28N2O4. The zero-order valence-electron chi connectivity index (χ0n) is 17.7. The number of carbonyl (C=O) groups is 3. The Morgan fingerprint density at radius 3 is 2.43 bits per heavy atom. The molecule has 6 nitrogen and oxygen atoms in total. The van der Waals surface area contributed by atoms with Gasteiger partial charge in [-0.05, 0) is 49.4 Å². The van der Waals surface area contributed by atoms with Gasteiger partial charge < -0.3 is 15.0 Å². The van der Waals surface area contributed by atoms with E-state index in [9.17, 15) is 14.4 Å². The fraction of sp³-hybridized carbons (Fsp3) is 0.375. The molecule has 0 aliphatic carbocycles. The highest BCUT2D eigenvalue weighted by molar-refractivity contribution is 6.08. The topological polar surface area (TPSA) is 75.7 Å². The fourth-order valence-electron chi connectivity index (χ4n) is 3.91. The Morgan fingerprint density at radius 1 is 1.03 bits per heavy atom. The van der Waals surface area contributed by atoms with Crippen LogP contribution in [0, 0.1) is 18.8 Å². The van der Waals surface area contributed by atoms with Crippen LogP contribution in [0.4, 0.5) is 5.69 Å². The van der Waals surface area contributed by atoms with Crippen LogP contribution in [0.1, 0.15) is 46.5 Å². The molecule has 0 radical (unpaired) electrons. The largest absolute Gasteiger partial charge is 0.452 e. The molecule has 2 atom stereocenters. The van der Waals surface area contributed by atoms with Gasteiger partial charge in [0.25, 0.3) is 11.8 Å². The van der Waals surface area contributed by atoms with Gasteiger partial charge in [-0.25, -0.2) is 4.79 Å². The molecule has 0 unspecified atom stereocenters. The Bertz CT molecular complexity index is 930. The number of nitrogens with zero attached hydrogens (tertiary/aromatic N) is 1. The van der Waals surface area contributed by atoms with E-state index in [4.69, 9.17) is 4.74 Å². The molecule has 2 aromatic carbocycles. The number of likely N-dealkylation sites (tertiary alicyclic amines) is 1. The van der Waals surface area contributed by atoms with Crippen LogP contribution < -0.4 is 5.32 Å². The van der Waals surface area contributed by atoms with Gasteiger partial charge in [0.15, 0.2) is 6.61 Å². The maximum Gasteiger partial charge on any atom is 0.340 e. The first-order chi connectivity index (χ1) is 14.3. The highest BCUT2D eigenvalue weighted by Gasteiger charge is 2.26. The van der Waals surface area contributed by atoms with Crippen molar-refractivity contribution in [3.8, 4) is 0 Å². The summed E-state index contributed by atoms with van der Waals surface area (Å²) in [5.41, 5.74) is 2.03. The number of ether oxygens (including phenoxy) is 1. The number of anilines is 1. The van der Waals surface area contributed by atoms with E-state index in [0.29, 0.717) is 36.2 Å². The van der Waals surface area contributed by atoms with Crippen molar-refractivity contribution in [3.05, 3.63) is 65.2 Å². The van der Waals surface area contributed by atoms with Crippen molar-refractivity contribution >= 4 is 23.5 Å². The van der Waals surface area contributed by atoms with Crippen molar-refractivity contribution in [2.24, 2.45) is 11.8 Å². The van der Waals surface area contributed by atoms with Crippen molar-refractivity contribution in [3.63, 3.8) is 0 Å². The molecule has 158 valence electrons. The molecule has 3 rings (SSSR count). The van der Waals surface area contributed by atoms with Crippen LogP contribution in [-0.4, -0.2) is 42.4 Å². The first-order valence-corrected chi connectivity index (χ1v) is 10.3. The standard InChI is InChI=1S/C24H28N2O4/c1-16-7-6-8-19(12-16)23(28)25-21-10-5-4-9-20(21)24(29)30-15-22(27)26-13-17(2)11-18(3)14-26/h4-10,12,17-18H,11,13-15H2,1-3H3,(H,25,28)/t17-,18+. The van der Waals surface area contributed by atoms with Crippen LogP contribution in [0.3, 0.4) is 0 Å². The summed E-state index contributed by atoms with van der Waals surface area (Å²) in [6.45, 7) is 7.21. The summed E-state index contributed by atoms with van der Waals surface area (Å²) in [6, 6.07) is 13.8. The first-order valence-electron chi connectivity index (χ1n) is 10.3. The summed E-state index contributed by atoms with van der Waals surface area (Å²) < 4.78 is 5.28. The second-order valence-corrected chi connectivity index (χ2v) is 8.19. The zero-order chi connectivity index (χ0) is 21.7. The van der Waals surface area contributed by atoms with Crippen LogP contribution in [0.5, 0.6) is 0 Å². The fourth-order valence-corrected chi connectivity index (χ4v) is 3.91. The summed E-state index contributed by atoms with van der Waals surface area (Å²) in [6.07, 6.45) is 1.09. The number of para-hydroxylation sites is 1. The van der Waals surface area contributed by atoms with Gasteiger partial charge in [0.2, 0.25) is 0 Å². The Balaban J connectivity index is 1.64. The second kappa shape index (κ2) is 9.57. The van der Waals surface area contributed by atoms with Crippen molar-refractivity contribution in [1.82, 2.24) is 4.90 Å². The summed E-state index contributed by atoms with van der Waals surface area (Å²) in [7, 11) is 0. The lowest BCUT2D eigenvalue weighted by Crippen LogP contribution is -2.44. The number of rotatable bonds is 5. The van der Waals surface area contributed by atoms with E-state index < -0.39 is 5.97 Å². The minimum Gasteiger partial charge on any atom is -0.452 e. The van der Waals surface area contributed by atoms with Gasteiger partial charge in [-0.2, -0.15) is 0 Å². The molecule has 1 heterocycles. The molecule has 30 heavy (non-hydrogen) atoms. The van der Waals surface area contributed by atoms with E-state index in [2.05, 4.69) is 19.2 Å². The normalized spacial score (nSPS) is 18.6. The molecule has 2 amide bonds. The lowest BCUT2D eigenvalue weighted by Gasteiger charge is -2.34. The maximum atomic E-state index is 12.6. The number of aryl methyl sites for hydroxylation is 1. The third kappa shape index (κ3) is 5.47. The van der Waals surface area contributed by atoms with Crippen LogP contribution in [0.2, 0.25) is 0 Å². The summed E-state index contributed by atoms with van der Waals surface area (Å²) >= 11 is 0. The lowest BCUT2D eigenvalue weighted by atomic mass is 9.92. The maximum absolute atomic E-state index is 12.6. The minimum absolute atomic E-state index is 0.192. The first kappa shape index (κ1) is 21.6. The number of esters is 1. The van der Waals surface area contributed by atoms with Gasteiger partial charge in [-0.3, -0.25) is 9.59 Å². The van der Waals surface area contributed by atoms with E-state index in [0.717, 1.165) is 12.0 Å². The predicted octanol–water partition coefficient (Wildman–Crippen LogP) is 3.91. The average molecular weight is 408 g/mol. The molecule has 2 aromatic rings. The smallest absolute Gasteiger partial charge is 0.340 e. The van der Waals surface area contributed by atoms with E-state index >= 15 is 0 Å². The zero-order valence-corrected chi connectivity index (χ0v) is 17.7. The Labute approximate surface area is 177 Å². The Morgan fingerprint density at radius 2 is 1.73 bits per heavy atom. The molecular weight excluding hydrogens is 380 g/mol. The van der Waals surface area contributed by atoms with Gasteiger partial charge in [0.05, 0.1) is 11.3 Å². The number of piperidine rings is 1. The third-order valence-electron chi connectivity index (χ3n) is 5.22. The summed E-state index contributed by atoms with van der Waals surface area (Å²) in [4.78, 5) is 39.4. The molecule has 1 saturated heterocycles. The van der Waals surface area contributed by atoms with Gasteiger partial charge in [0.1, 0.15) is 0 Å².